The van der Waals surface area contributed by atoms with Crippen LogP contribution in [0.3, 0.4) is 0 Å². The summed E-state index contributed by atoms with van der Waals surface area (Å²) in [6.07, 6.45) is 0. The van der Waals surface area contributed by atoms with Gasteiger partial charge in [-0.25, -0.2) is 0 Å². The standard InChI is InChI=1S/C4H6O.5CH3.BrH.2Sn/c1-3-4-5-2;;;;;;;;/h1H,4H2,2H3;5*1H3;1H;;/q;;;;;;;;+1/p-1. The summed E-state index contributed by atoms with van der Waals surface area (Å²) < 4.78 is 9.44. The van der Waals surface area contributed by atoms with Gasteiger partial charge in [-0.1, -0.05) is 0 Å². The molecule has 0 rings (SSSR count). The van der Waals surface area contributed by atoms with Crippen molar-refractivity contribution < 1.29 is 4.74 Å². The SMILES string of the molecule is COC/[C](=[CH]\[Sn]([CH3])([CH3])[Br])[Sn]([CH3])([CH3])[CH3]. The van der Waals surface area contributed by atoms with E-state index in [1.54, 1.807) is 10.7 Å². The van der Waals surface area contributed by atoms with Gasteiger partial charge >= 0.3 is 98.1 Å². The van der Waals surface area contributed by atoms with Crippen LogP contribution in [0.15, 0.2) is 7.68 Å². The summed E-state index contributed by atoms with van der Waals surface area (Å²) in [6, 6.07) is 0. The Labute approximate surface area is 96.8 Å². The van der Waals surface area contributed by atoms with Gasteiger partial charge in [0.25, 0.3) is 0 Å². The van der Waals surface area contributed by atoms with E-state index in [9.17, 15) is 0 Å². The molecular formula is C9H21BrOSn2. The predicted octanol–water partition coefficient (Wildman–Crippen LogP) is 3.58. The second kappa shape index (κ2) is 5.75. The van der Waals surface area contributed by atoms with Crippen LogP contribution >= 0.6 is 12.7 Å². The maximum atomic E-state index is 5.27. The molecule has 0 aliphatic heterocycles. The first-order valence-electron chi connectivity index (χ1n) is 4.57. The molecule has 0 aromatic heterocycles. The third-order valence-corrected chi connectivity index (χ3v) is 14.9. The average molecular weight is 463 g/mol. The third kappa shape index (κ3) is 7.68. The molecule has 0 N–H and O–H groups in total. The number of ether oxygens (including phenoxy) is 1. The Balaban J connectivity index is 4.71. The van der Waals surface area contributed by atoms with Crippen LogP contribution in [0.1, 0.15) is 0 Å². The minimum absolute atomic E-state index is 0.853. The molecule has 0 radical (unpaired) electrons. The molecule has 0 aromatic carbocycles. The van der Waals surface area contributed by atoms with E-state index in [-0.39, 0.29) is 0 Å². The zero-order valence-corrected chi connectivity index (χ0v) is 16.9. The van der Waals surface area contributed by atoms with Crippen LogP contribution in [0.2, 0.25) is 24.7 Å². The molecule has 0 spiro atoms. The molecule has 0 saturated carbocycles. The summed E-state index contributed by atoms with van der Waals surface area (Å²) in [5.74, 6) is 0. The van der Waals surface area contributed by atoms with E-state index < -0.39 is 34.5 Å². The van der Waals surface area contributed by atoms with Crippen LogP contribution in [0, 0.1) is 0 Å². The van der Waals surface area contributed by atoms with Crippen LogP contribution in [-0.2, 0) is 4.74 Å². The van der Waals surface area contributed by atoms with Gasteiger partial charge in [0.1, 0.15) is 0 Å². The van der Waals surface area contributed by atoms with Crippen molar-refractivity contribution in [3.63, 3.8) is 0 Å². The Morgan fingerprint density at radius 3 is 1.92 bits per heavy atom. The fourth-order valence-corrected chi connectivity index (χ4v) is 27.6. The van der Waals surface area contributed by atoms with Crippen molar-refractivity contribution in [2.45, 2.75) is 24.7 Å². The molecule has 13 heavy (non-hydrogen) atoms. The van der Waals surface area contributed by atoms with E-state index in [1.807, 2.05) is 0 Å². The molecule has 78 valence electrons. The number of halogens is 1. The second-order valence-electron chi connectivity index (χ2n) is 4.92. The molecule has 0 amide bonds. The molecule has 0 aliphatic rings. The Morgan fingerprint density at radius 2 is 1.69 bits per heavy atom. The summed E-state index contributed by atoms with van der Waals surface area (Å²) in [4.78, 5) is 12.1. The summed E-state index contributed by atoms with van der Waals surface area (Å²) in [5, 5.41) is 0. The van der Waals surface area contributed by atoms with Gasteiger partial charge in [-0.3, -0.25) is 0 Å². The van der Waals surface area contributed by atoms with Crippen molar-refractivity contribution in [1.29, 1.82) is 0 Å². The van der Waals surface area contributed by atoms with E-state index in [2.05, 4.69) is 41.5 Å². The van der Waals surface area contributed by atoms with Crippen LogP contribution in [-0.4, -0.2) is 48.2 Å². The first-order chi connectivity index (χ1) is 5.67. The van der Waals surface area contributed by atoms with Crippen LogP contribution in [0.4, 0.5) is 0 Å². The van der Waals surface area contributed by atoms with Crippen LogP contribution in [0.5, 0.6) is 0 Å². The van der Waals surface area contributed by atoms with Gasteiger partial charge in [0.15, 0.2) is 0 Å². The zero-order valence-electron chi connectivity index (χ0n) is 9.57. The number of hydrogen-bond acceptors (Lipinski definition) is 1. The Kier molecular flexibility index (Phi) is 6.54. The van der Waals surface area contributed by atoms with Crippen LogP contribution < -0.4 is 0 Å². The molecule has 0 heterocycles. The molecule has 1 nitrogen and oxygen atoms in total. The minimum atomic E-state index is -1.93. The predicted molar refractivity (Wildman–Crippen MR) is 69.7 cm³/mol. The molecule has 0 aromatic rings. The van der Waals surface area contributed by atoms with E-state index in [1.165, 1.54) is 0 Å². The summed E-state index contributed by atoms with van der Waals surface area (Å²) in [7, 11) is 1.79. The first-order valence-corrected chi connectivity index (χ1v) is 28.3. The first kappa shape index (κ1) is 14.8. The molecule has 0 bridgehead atoms. The Hall–Kier alpha value is 1.78. The van der Waals surface area contributed by atoms with Crippen molar-refractivity contribution in [3.05, 3.63) is 7.68 Å². The topological polar surface area (TPSA) is 9.23 Å². The number of rotatable bonds is 4. The van der Waals surface area contributed by atoms with E-state index in [0.29, 0.717) is 0 Å². The summed E-state index contributed by atoms with van der Waals surface area (Å²) in [5.41, 5.74) is 0. The quantitative estimate of drug-likeness (QED) is 0.581. The molecule has 0 aliphatic carbocycles. The number of methoxy groups -OCH3 is 1. The van der Waals surface area contributed by atoms with Crippen LogP contribution in [0.25, 0.3) is 0 Å². The van der Waals surface area contributed by atoms with Gasteiger partial charge in [-0.2, -0.15) is 0 Å². The average Bonchev–Trinajstić information content (AvgIpc) is 1.81. The van der Waals surface area contributed by atoms with Gasteiger partial charge in [-0.15, -0.1) is 0 Å². The number of hydrogen-bond donors (Lipinski definition) is 0. The van der Waals surface area contributed by atoms with Gasteiger partial charge in [0, 0.05) is 0 Å². The maximum absolute atomic E-state index is 5.27. The van der Waals surface area contributed by atoms with Gasteiger partial charge in [0.2, 0.25) is 0 Å². The monoisotopic (exact) mass is 464 g/mol. The Bertz CT molecular complexity index is 189. The molecule has 0 fully saturated rings. The Morgan fingerprint density at radius 1 is 1.23 bits per heavy atom. The normalized spacial score (nSPS) is 14.8. The van der Waals surface area contributed by atoms with Gasteiger partial charge in [0.05, 0.1) is 0 Å². The van der Waals surface area contributed by atoms with Crippen molar-refractivity contribution in [3.8, 4) is 0 Å². The van der Waals surface area contributed by atoms with Gasteiger partial charge < -0.3 is 0 Å². The second-order valence-corrected chi connectivity index (χ2v) is 43.1. The van der Waals surface area contributed by atoms with Crippen molar-refractivity contribution in [2.24, 2.45) is 0 Å². The molecule has 0 atom stereocenters. The van der Waals surface area contributed by atoms with Crippen molar-refractivity contribution >= 4 is 47.2 Å². The third-order valence-electron chi connectivity index (χ3n) is 1.78. The van der Waals surface area contributed by atoms with Crippen molar-refractivity contribution in [2.75, 3.05) is 13.7 Å². The summed E-state index contributed by atoms with van der Waals surface area (Å²) >= 11 is 0.0475. The fraction of sp³-hybridized carbons (Fsp3) is 0.778. The molecule has 0 unspecified atom stereocenters. The molecule has 0 saturated heterocycles. The zero-order chi connectivity index (χ0) is 10.7. The van der Waals surface area contributed by atoms with E-state index in [4.69, 9.17) is 4.74 Å². The van der Waals surface area contributed by atoms with Crippen molar-refractivity contribution in [1.82, 2.24) is 0 Å². The summed E-state index contributed by atoms with van der Waals surface area (Å²) in [6.45, 7) is 0.853. The fourth-order valence-electron chi connectivity index (χ4n) is 1.04. The van der Waals surface area contributed by atoms with E-state index >= 15 is 0 Å². The van der Waals surface area contributed by atoms with Gasteiger partial charge in [-0.05, 0) is 0 Å². The molecule has 4 heteroatoms. The molecular weight excluding hydrogens is 441 g/mol. The van der Waals surface area contributed by atoms with E-state index in [0.717, 1.165) is 6.61 Å².